The molecule has 154 valence electrons. The van der Waals surface area contributed by atoms with E-state index >= 15 is 0 Å². The quantitative estimate of drug-likeness (QED) is 0.475. The summed E-state index contributed by atoms with van der Waals surface area (Å²) in [6, 6.07) is 11.4. The summed E-state index contributed by atoms with van der Waals surface area (Å²) in [4.78, 5) is 18.0. The van der Waals surface area contributed by atoms with Crippen LogP contribution in [-0.4, -0.2) is 27.9 Å². The van der Waals surface area contributed by atoms with Crippen LogP contribution in [0.4, 0.5) is 13.2 Å². The standard InChI is InChI=1S/C21H16F3N3O2S/c1-11-25-18-16-10-12(19(28)26-13-3-4-13)2-9-17(16)27(20(18)30-11)14-5-7-15(8-6-14)29-21(22,23)24/h2,5-10,13H,3-4H2,1H3,(H,26,28). The third-order valence-electron chi connectivity index (χ3n) is 4.92. The molecule has 0 saturated heterocycles. The molecule has 5 rings (SSSR count). The number of hydrogen-bond donors (Lipinski definition) is 1. The highest BCUT2D eigenvalue weighted by molar-refractivity contribution is 7.18. The zero-order valence-electron chi connectivity index (χ0n) is 15.8. The lowest BCUT2D eigenvalue weighted by molar-refractivity contribution is -0.274. The van der Waals surface area contributed by atoms with E-state index < -0.39 is 6.36 Å². The normalized spacial score (nSPS) is 14.4. The second-order valence-corrected chi connectivity index (χ2v) is 8.43. The van der Waals surface area contributed by atoms with E-state index in [4.69, 9.17) is 0 Å². The first-order valence-electron chi connectivity index (χ1n) is 9.37. The molecule has 30 heavy (non-hydrogen) atoms. The number of aryl methyl sites for hydroxylation is 1. The van der Waals surface area contributed by atoms with E-state index in [0.717, 1.165) is 39.1 Å². The summed E-state index contributed by atoms with van der Waals surface area (Å²) >= 11 is 1.49. The van der Waals surface area contributed by atoms with Gasteiger partial charge in [0.15, 0.2) is 0 Å². The highest BCUT2D eigenvalue weighted by Gasteiger charge is 2.31. The molecule has 0 aliphatic heterocycles. The maximum Gasteiger partial charge on any atom is 0.573 e. The van der Waals surface area contributed by atoms with Gasteiger partial charge in [-0.05, 0) is 62.2 Å². The Morgan fingerprint density at radius 3 is 2.60 bits per heavy atom. The van der Waals surface area contributed by atoms with Crippen LogP contribution in [0.1, 0.15) is 28.2 Å². The van der Waals surface area contributed by atoms with Crippen LogP contribution in [0.15, 0.2) is 42.5 Å². The molecule has 1 amide bonds. The Labute approximate surface area is 173 Å². The van der Waals surface area contributed by atoms with Crippen LogP contribution in [0.2, 0.25) is 0 Å². The molecule has 9 heteroatoms. The van der Waals surface area contributed by atoms with Crippen LogP contribution in [0.25, 0.3) is 26.9 Å². The maximum absolute atomic E-state index is 12.5. The fraction of sp³-hybridized carbons (Fsp3) is 0.238. The first-order chi connectivity index (χ1) is 14.3. The highest BCUT2D eigenvalue weighted by atomic mass is 32.1. The summed E-state index contributed by atoms with van der Waals surface area (Å²) in [7, 11) is 0. The van der Waals surface area contributed by atoms with Crippen molar-refractivity contribution in [3.63, 3.8) is 0 Å². The van der Waals surface area contributed by atoms with Crippen molar-refractivity contribution < 1.29 is 22.7 Å². The fourth-order valence-electron chi connectivity index (χ4n) is 3.46. The van der Waals surface area contributed by atoms with Crippen LogP contribution in [-0.2, 0) is 0 Å². The molecule has 2 heterocycles. The number of ether oxygens (including phenoxy) is 1. The van der Waals surface area contributed by atoms with Gasteiger partial charge in [0.1, 0.15) is 16.1 Å². The van der Waals surface area contributed by atoms with Gasteiger partial charge >= 0.3 is 6.36 Å². The van der Waals surface area contributed by atoms with Gasteiger partial charge in [-0.2, -0.15) is 0 Å². The lowest BCUT2D eigenvalue weighted by Crippen LogP contribution is -2.25. The Balaban J connectivity index is 1.61. The predicted octanol–water partition coefficient (Wildman–Crippen LogP) is 5.34. The van der Waals surface area contributed by atoms with E-state index in [-0.39, 0.29) is 17.7 Å². The zero-order valence-corrected chi connectivity index (χ0v) is 16.6. The van der Waals surface area contributed by atoms with Crippen molar-refractivity contribution in [2.24, 2.45) is 0 Å². The highest BCUT2D eigenvalue weighted by Crippen LogP contribution is 2.36. The average Bonchev–Trinajstić information content (AvgIpc) is 3.34. The molecule has 1 saturated carbocycles. The van der Waals surface area contributed by atoms with Crippen molar-refractivity contribution in [3.05, 3.63) is 53.0 Å². The smallest absolute Gasteiger partial charge is 0.406 e. The Bertz CT molecular complexity index is 1270. The first-order valence-corrected chi connectivity index (χ1v) is 10.2. The lowest BCUT2D eigenvalue weighted by atomic mass is 10.1. The Morgan fingerprint density at radius 1 is 1.20 bits per heavy atom. The summed E-state index contributed by atoms with van der Waals surface area (Å²) in [6.07, 6.45) is -2.72. The van der Waals surface area contributed by atoms with Crippen molar-refractivity contribution in [1.29, 1.82) is 0 Å². The number of nitrogens with zero attached hydrogens (tertiary/aromatic N) is 2. The number of halogens is 3. The minimum absolute atomic E-state index is 0.110. The van der Waals surface area contributed by atoms with Crippen LogP contribution >= 0.6 is 11.3 Å². The number of carbonyl (C=O) groups is 1. The summed E-state index contributed by atoms with van der Waals surface area (Å²) < 4.78 is 43.3. The second kappa shape index (κ2) is 6.73. The molecule has 4 aromatic rings. The fourth-order valence-corrected chi connectivity index (χ4v) is 4.43. The number of thiazole rings is 1. The number of fused-ring (bicyclic) bond motifs is 3. The predicted molar refractivity (Wildman–Crippen MR) is 108 cm³/mol. The number of aromatic nitrogens is 2. The number of rotatable bonds is 4. The van der Waals surface area contributed by atoms with Gasteiger partial charge in [0.05, 0.1) is 10.5 Å². The molecule has 1 aliphatic rings. The molecular formula is C21H16F3N3O2S. The third-order valence-corrected chi connectivity index (χ3v) is 5.87. The number of benzene rings is 2. The Morgan fingerprint density at radius 2 is 1.93 bits per heavy atom. The number of amides is 1. The van der Waals surface area contributed by atoms with Crippen molar-refractivity contribution in [2.45, 2.75) is 32.2 Å². The minimum atomic E-state index is -4.73. The minimum Gasteiger partial charge on any atom is -0.406 e. The van der Waals surface area contributed by atoms with Crippen molar-refractivity contribution in [2.75, 3.05) is 0 Å². The van der Waals surface area contributed by atoms with E-state index in [1.807, 2.05) is 23.6 Å². The number of alkyl halides is 3. The third kappa shape index (κ3) is 3.49. The molecule has 1 aliphatic carbocycles. The first kappa shape index (κ1) is 18.9. The van der Waals surface area contributed by atoms with E-state index in [2.05, 4.69) is 15.0 Å². The van der Waals surface area contributed by atoms with Gasteiger partial charge in [0.25, 0.3) is 5.91 Å². The molecule has 2 aromatic carbocycles. The molecule has 0 unspecified atom stereocenters. The summed E-state index contributed by atoms with van der Waals surface area (Å²) in [5.41, 5.74) is 2.84. The summed E-state index contributed by atoms with van der Waals surface area (Å²) in [5, 5.41) is 4.67. The maximum atomic E-state index is 12.5. The SMILES string of the molecule is Cc1nc2c3cc(C(=O)NC4CC4)ccc3n(-c3ccc(OC(F)(F)F)cc3)c2s1. The van der Waals surface area contributed by atoms with Gasteiger partial charge in [-0.15, -0.1) is 24.5 Å². The average molecular weight is 431 g/mol. The molecule has 5 nitrogen and oxygen atoms in total. The van der Waals surface area contributed by atoms with Gasteiger partial charge < -0.3 is 10.1 Å². The van der Waals surface area contributed by atoms with Gasteiger partial charge in [-0.3, -0.25) is 9.36 Å². The summed E-state index contributed by atoms with van der Waals surface area (Å²) in [5.74, 6) is -0.389. The van der Waals surface area contributed by atoms with Crippen LogP contribution < -0.4 is 10.1 Å². The number of carbonyl (C=O) groups excluding carboxylic acids is 1. The summed E-state index contributed by atoms with van der Waals surface area (Å²) in [6.45, 7) is 1.89. The van der Waals surface area contributed by atoms with E-state index in [0.29, 0.717) is 11.3 Å². The Kier molecular flexibility index (Phi) is 4.25. The van der Waals surface area contributed by atoms with Crippen LogP contribution in [0.3, 0.4) is 0 Å². The number of nitrogens with one attached hydrogen (secondary N) is 1. The van der Waals surface area contributed by atoms with Gasteiger partial charge in [-0.25, -0.2) is 4.98 Å². The second-order valence-electron chi connectivity index (χ2n) is 7.24. The molecular weight excluding hydrogens is 415 g/mol. The molecule has 0 radical (unpaired) electrons. The largest absolute Gasteiger partial charge is 0.573 e. The van der Waals surface area contributed by atoms with Crippen molar-refractivity contribution in [3.8, 4) is 11.4 Å². The van der Waals surface area contributed by atoms with Gasteiger partial charge in [0, 0.05) is 22.7 Å². The zero-order chi connectivity index (χ0) is 21.0. The number of hydrogen-bond acceptors (Lipinski definition) is 4. The lowest BCUT2D eigenvalue weighted by Gasteiger charge is -2.11. The van der Waals surface area contributed by atoms with E-state index in [1.165, 1.54) is 23.5 Å². The molecule has 2 aromatic heterocycles. The van der Waals surface area contributed by atoms with Crippen molar-refractivity contribution in [1.82, 2.24) is 14.9 Å². The van der Waals surface area contributed by atoms with Crippen LogP contribution in [0, 0.1) is 6.92 Å². The molecule has 0 atom stereocenters. The monoisotopic (exact) mass is 431 g/mol. The molecule has 1 fully saturated rings. The van der Waals surface area contributed by atoms with Crippen LogP contribution in [0.5, 0.6) is 5.75 Å². The Hall–Kier alpha value is -3.07. The topological polar surface area (TPSA) is 56.2 Å². The van der Waals surface area contributed by atoms with Gasteiger partial charge in [-0.1, -0.05) is 0 Å². The molecule has 0 bridgehead atoms. The molecule has 0 spiro atoms. The van der Waals surface area contributed by atoms with Crippen molar-refractivity contribution >= 4 is 38.5 Å². The van der Waals surface area contributed by atoms with E-state index in [9.17, 15) is 18.0 Å². The van der Waals surface area contributed by atoms with Gasteiger partial charge in [0.2, 0.25) is 0 Å². The molecule has 1 N–H and O–H groups in total. The van der Waals surface area contributed by atoms with E-state index in [1.54, 1.807) is 18.2 Å².